The Hall–Kier alpha value is -0.470. The summed E-state index contributed by atoms with van der Waals surface area (Å²) < 4.78 is 64.5. The van der Waals surface area contributed by atoms with Gasteiger partial charge in [0.25, 0.3) is 10.0 Å². The van der Waals surface area contributed by atoms with E-state index in [1.165, 1.54) is 0 Å². The lowest BCUT2D eigenvalue weighted by Gasteiger charge is -2.29. The molecule has 0 aliphatic carbocycles. The molecule has 0 saturated carbocycles. The number of nitrogens with zero attached hydrogens (tertiary/aromatic N) is 2. The van der Waals surface area contributed by atoms with Crippen molar-refractivity contribution in [1.82, 2.24) is 8.83 Å². The number of alkyl halides is 1. The number of amides is 1. The summed E-state index contributed by atoms with van der Waals surface area (Å²) in [5.41, 5.74) is 0. The molecular formula is C6H14ClN2O10PS2. The maximum Gasteiger partial charge on any atom is 0.472 e. The van der Waals surface area contributed by atoms with Crippen molar-refractivity contribution in [2.24, 2.45) is 0 Å². The van der Waals surface area contributed by atoms with Gasteiger partial charge >= 0.3 is 13.9 Å². The summed E-state index contributed by atoms with van der Waals surface area (Å²) >= 11 is 5.36. The smallest absolute Gasteiger partial charge is 0.420 e. The molecule has 0 bridgehead atoms. The van der Waals surface area contributed by atoms with E-state index in [1.54, 1.807) is 0 Å². The number of hydrazine groups is 1. The summed E-state index contributed by atoms with van der Waals surface area (Å²) in [4.78, 5) is 28.5. The first-order valence-electron chi connectivity index (χ1n) is 5.11. The third kappa shape index (κ3) is 7.69. The minimum Gasteiger partial charge on any atom is -0.420 e. The second-order valence-electron chi connectivity index (χ2n) is 3.65. The van der Waals surface area contributed by atoms with Gasteiger partial charge in [-0.15, -0.1) is 16.0 Å². The number of carbonyl (C=O) groups is 1. The van der Waals surface area contributed by atoms with Crippen molar-refractivity contribution in [2.75, 3.05) is 31.7 Å². The monoisotopic (exact) mass is 404 g/mol. The lowest BCUT2D eigenvalue weighted by Crippen LogP contribution is -2.52. The van der Waals surface area contributed by atoms with Crippen LogP contribution in [0.5, 0.6) is 0 Å². The highest BCUT2D eigenvalue weighted by Gasteiger charge is 2.37. The second kappa shape index (κ2) is 7.88. The second-order valence-corrected chi connectivity index (χ2v) is 8.97. The highest BCUT2D eigenvalue weighted by Crippen LogP contribution is 2.35. The molecule has 0 unspecified atom stereocenters. The van der Waals surface area contributed by atoms with Crippen LogP contribution in [-0.4, -0.2) is 73.3 Å². The van der Waals surface area contributed by atoms with Gasteiger partial charge in [0.05, 0.1) is 12.5 Å². The Balaban J connectivity index is 5.38. The highest BCUT2D eigenvalue weighted by atomic mass is 35.5. The minimum atomic E-state index is -4.96. The van der Waals surface area contributed by atoms with Crippen LogP contribution < -0.4 is 0 Å². The largest absolute Gasteiger partial charge is 0.472 e. The molecule has 0 aliphatic heterocycles. The molecular weight excluding hydrogens is 391 g/mol. The average Bonchev–Trinajstić information content (AvgIpc) is 2.23. The van der Waals surface area contributed by atoms with Crippen molar-refractivity contribution in [2.45, 2.75) is 0 Å². The molecule has 1 amide bonds. The number of sulfonamides is 2. The number of ether oxygens (including phenoxy) is 1. The Kier molecular flexibility index (Phi) is 7.71. The molecule has 2 N–H and O–H groups in total. The van der Waals surface area contributed by atoms with Crippen LogP contribution in [0.3, 0.4) is 0 Å². The zero-order valence-electron chi connectivity index (χ0n) is 11.3. The van der Waals surface area contributed by atoms with Crippen LogP contribution in [0.2, 0.25) is 0 Å². The highest BCUT2D eigenvalue weighted by molar-refractivity contribution is 7.91. The first-order valence-corrected chi connectivity index (χ1v) is 10.9. The molecule has 0 radical (unpaired) electrons. The van der Waals surface area contributed by atoms with Gasteiger partial charge in [-0.1, -0.05) is 4.41 Å². The predicted octanol–water partition coefficient (Wildman–Crippen LogP) is -1.13. The molecule has 0 heterocycles. The van der Waals surface area contributed by atoms with Crippen LogP contribution in [0.1, 0.15) is 0 Å². The van der Waals surface area contributed by atoms with Crippen LogP contribution in [0.25, 0.3) is 0 Å². The molecule has 16 heteroatoms. The summed E-state index contributed by atoms with van der Waals surface area (Å²) in [5.74, 6) is -0.342. The maximum absolute atomic E-state index is 11.7. The van der Waals surface area contributed by atoms with E-state index in [1.807, 2.05) is 0 Å². The number of hydrogen-bond donors (Lipinski definition) is 2. The zero-order valence-corrected chi connectivity index (χ0v) is 14.6. The Bertz CT molecular complexity index is 642. The molecule has 0 saturated heterocycles. The summed E-state index contributed by atoms with van der Waals surface area (Å²) in [5, 5.41) is 0. The van der Waals surface area contributed by atoms with Gasteiger partial charge < -0.3 is 14.5 Å². The van der Waals surface area contributed by atoms with Gasteiger partial charge in [0.1, 0.15) is 0 Å². The van der Waals surface area contributed by atoms with E-state index in [-0.39, 0.29) is 14.7 Å². The minimum absolute atomic E-state index is 0.134. The van der Waals surface area contributed by atoms with Crippen molar-refractivity contribution in [3.63, 3.8) is 0 Å². The molecule has 0 aromatic carbocycles. The van der Waals surface area contributed by atoms with Gasteiger partial charge in [-0.25, -0.2) is 30.7 Å². The zero-order chi connectivity index (χ0) is 17.8. The number of phosphoric ester groups is 1. The molecule has 0 fully saturated rings. The number of rotatable bonds is 8. The molecule has 22 heavy (non-hydrogen) atoms. The van der Waals surface area contributed by atoms with Crippen molar-refractivity contribution in [3.05, 3.63) is 0 Å². The average molecular weight is 405 g/mol. The topological polar surface area (TPSA) is 168 Å². The lowest BCUT2D eigenvalue weighted by molar-refractivity contribution is 0.0140. The van der Waals surface area contributed by atoms with E-state index in [0.717, 1.165) is 0 Å². The summed E-state index contributed by atoms with van der Waals surface area (Å²) in [6.07, 6.45) is -0.603. The van der Waals surface area contributed by atoms with Gasteiger partial charge in [-0.3, -0.25) is 0 Å². The first kappa shape index (κ1) is 21.5. The predicted molar refractivity (Wildman–Crippen MR) is 73.4 cm³/mol. The number of hydrogen-bond acceptors (Lipinski definition) is 8. The van der Waals surface area contributed by atoms with Crippen LogP contribution in [0.15, 0.2) is 0 Å². The molecule has 132 valence electrons. The van der Waals surface area contributed by atoms with Gasteiger partial charge in [0.2, 0.25) is 16.8 Å². The summed E-state index contributed by atoms with van der Waals surface area (Å²) in [7, 11) is -13.6. The van der Waals surface area contributed by atoms with Gasteiger partial charge in [0.15, 0.2) is 0 Å². The fourth-order valence-corrected chi connectivity index (χ4v) is 3.73. The van der Waals surface area contributed by atoms with Gasteiger partial charge in [-0.05, 0) is 0 Å². The molecule has 0 aromatic rings. The molecule has 0 rings (SSSR count). The quantitative estimate of drug-likeness (QED) is 0.218. The number of phosphoric acid groups is 1. The fraction of sp³-hybridized carbons (Fsp3) is 0.833. The Morgan fingerprint density at radius 2 is 1.68 bits per heavy atom. The van der Waals surface area contributed by atoms with E-state index in [2.05, 4.69) is 9.26 Å². The van der Waals surface area contributed by atoms with E-state index in [0.29, 0.717) is 12.5 Å². The van der Waals surface area contributed by atoms with E-state index in [9.17, 15) is 26.2 Å². The molecule has 0 spiro atoms. The van der Waals surface area contributed by atoms with Crippen molar-refractivity contribution < 1.29 is 45.2 Å². The van der Waals surface area contributed by atoms with Gasteiger partial charge in [-0.2, -0.15) is 0 Å². The molecule has 0 aromatic heterocycles. The third-order valence-corrected chi connectivity index (χ3v) is 4.53. The van der Waals surface area contributed by atoms with Gasteiger partial charge in [0, 0.05) is 12.4 Å². The van der Waals surface area contributed by atoms with E-state index < -0.39 is 47.3 Å². The van der Waals surface area contributed by atoms with Crippen LogP contribution in [0, 0.1) is 0 Å². The lowest BCUT2D eigenvalue weighted by atomic mass is 10.8. The molecule has 12 nitrogen and oxygen atoms in total. The maximum atomic E-state index is 11.7. The van der Waals surface area contributed by atoms with Crippen molar-refractivity contribution in [1.29, 1.82) is 0 Å². The standard InChI is InChI=1S/C6H14ClN2O10PS2/c1-21(14,15)8(4-3-7)9(22(2,16)17)6(10)18-5-19-20(11,12)13/h3-5H2,1-2H3,(H2,11,12,13). The summed E-state index contributed by atoms with van der Waals surface area (Å²) in [6, 6.07) is 0. The van der Waals surface area contributed by atoms with E-state index >= 15 is 0 Å². The fourth-order valence-electron chi connectivity index (χ4n) is 1.06. The third-order valence-electron chi connectivity index (χ3n) is 1.73. The summed E-state index contributed by atoms with van der Waals surface area (Å²) in [6.45, 7) is -1.87. The number of carbonyl (C=O) groups excluding carboxylic acids is 1. The Labute approximate surface area is 131 Å². The Morgan fingerprint density at radius 3 is 2.00 bits per heavy atom. The van der Waals surface area contributed by atoms with Crippen LogP contribution in [-0.2, 0) is 33.9 Å². The molecule has 0 aliphatic rings. The SMILES string of the molecule is CS(=O)(=O)N(CCCl)N(C(=O)OCOP(=O)(O)O)S(C)(=O)=O. The van der Waals surface area contributed by atoms with Crippen molar-refractivity contribution in [3.8, 4) is 0 Å². The van der Waals surface area contributed by atoms with Crippen molar-refractivity contribution >= 4 is 45.6 Å². The molecule has 0 atom stereocenters. The first-order chi connectivity index (χ1) is 9.70. The normalized spacial score (nSPS) is 13.2. The van der Waals surface area contributed by atoms with Crippen LogP contribution in [0.4, 0.5) is 4.79 Å². The van der Waals surface area contributed by atoms with Crippen LogP contribution >= 0.6 is 19.4 Å². The number of halogens is 1. The Morgan fingerprint density at radius 1 is 1.18 bits per heavy atom. The van der Waals surface area contributed by atoms with E-state index in [4.69, 9.17) is 21.4 Å².